The number of hydrogen-bond donors (Lipinski definition) is 3. The number of methoxy groups -OCH3 is 1. The minimum absolute atomic E-state index is 0.0179. The van der Waals surface area contributed by atoms with Crippen LogP contribution in [0.1, 0.15) is 99.2 Å². The smallest absolute Gasteiger partial charge is 0.279 e. The van der Waals surface area contributed by atoms with Crippen LogP contribution in [0.25, 0.3) is 0 Å². The number of para-hydroxylation sites is 2. The van der Waals surface area contributed by atoms with Crippen molar-refractivity contribution in [3.05, 3.63) is 141 Å². The molecule has 450 valence electrons. The van der Waals surface area contributed by atoms with E-state index in [2.05, 4.69) is 14.8 Å². The molecule has 0 saturated heterocycles. The molecule has 84 heavy (non-hydrogen) atoms. The minimum Gasteiger partial charge on any atom is -0.493 e. The van der Waals surface area contributed by atoms with Crippen LogP contribution < -0.4 is 34.6 Å². The zero-order valence-electron chi connectivity index (χ0n) is 47.5. The minimum atomic E-state index is -4.46. The van der Waals surface area contributed by atoms with Gasteiger partial charge in [0, 0.05) is 64.1 Å². The van der Waals surface area contributed by atoms with Gasteiger partial charge in [-0.15, -0.1) is 0 Å². The topological polar surface area (TPSA) is 268 Å². The number of nitrogens with zero attached hydrogens (tertiary/aromatic N) is 2. The quantitative estimate of drug-likeness (QED) is 0.0228. The number of benzene rings is 5. The van der Waals surface area contributed by atoms with Crippen LogP contribution in [0.5, 0.6) is 17.2 Å². The van der Waals surface area contributed by atoms with E-state index in [-0.39, 0.29) is 72.9 Å². The van der Waals surface area contributed by atoms with Gasteiger partial charge < -0.3 is 34.6 Å². The summed E-state index contributed by atoms with van der Waals surface area (Å²) in [4.78, 5) is 58.2. The van der Waals surface area contributed by atoms with Gasteiger partial charge in [0.2, 0.25) is 11.8 Å². The highest BCUT2D eigenvalue weighted by Gasteiger charge is 2.48. The average Bonchev–Trinajstić information content (AvgIpc) is 2.15. The van der Waals surface area contributed by atoms with Crippen molar-refractivity contribution >= 4 is 92.6 Å². The molecule has 0 radical (unpaired) electrons. The van der Waals surface area contributed by atoms with Gasteiger partial charge in [0.1, 0.15) is 24.2 Å². The molecule has 4 aliphatic heterocycles. The highest BCUT2D eigenvalue weighted by atomic mass is 33.1. The molecule has 3 unspecified atom stereocenters. The third kappa shape index (κ3) is 13.7. The van der Waals surface area contributed by atoms with Crippen LogP contribution >= 0.6 is 21.6 Å². The largest absolute Gasteiger partial charge is 0.493 e. The Morgan fingerprint density at radius 3 is 1.92 bits per heavy atom. The average molecular weight is 1250 g/mol. The Morgan fingerprint density at radius 1 is 0.726 bits per heavy atom. The molecule has 0 fully saturated rings. The predicted molar refractivity (Wildman–Crippen MR) is 323 cm³/mol. The summed E-state index contributed by atoms with van der Waals surface area (Å²) in [5.41, 5.74) is 6.95. The normalized spacial score (nSPS) is 18.7. The van der Waals surface area contributed by atoms with Crippen LogP contribution in [-0.2, 0) is 87.2 Å². The van der Waals surface area contributed by atoms with E-state index in [9.17, 15) is 49.0 Å². The zero-order valence-corrected chi connectivity index (χ0v) is 51.6. The van der Waals surface area contributed by atoms with Gasteiger partial charge in [0.15, 0.2) is 16.7 Å². The Bertz CT molecular complexity index is 3730. The van der Waals surface area contributed by atoms with Crippen molar-refractivity contribution < 1.29 is 71.6 Å². The zero-order chi connectivity index (χ0) is 60.5. The summed E-state index contributed by atoms with van der Waals surface area (Å²) in [5.74, 6) is -1.60. The maximum atomic E-state index is 14.5. The van der Waals surface area contributed by atoms with Crippen molar-refractivity contribution in [3.63, 3.8) is 0 Å². The number of carbonyl (C=O) groups is 4. The SMILES string of the molecule is CNC(=O)C(CCSSC(C)(C)CCCC(=O)Nc1cc(COc2cc3c(cc2C)C(=O)N2c4ccccc4C[C@H]2C(S(=O)(=O)OC)C3)cc(COc2cc3c(cc2OC)C(=O)N2c4ccccc4C[C@H]2C(CS(=O)(=O)O)C3)c1)S(=O)(=O)OC. The van der Waals surface area contributed by atoms with Crippen LogP contribution in [-0.4, -0.2) is 121 Å². The highest BCUT2D eigenvalue weighted by molar-refractivity contribution is 8.77. The van der Waals surface area contributed by atoms with E-state index in [4.69, 9.17) is 18.4 Å². The molecule has 0 bridgehead atoms. The molecule has 0 aliphatic carbocycles. The summed E-state index contributed by atoms with van der Waals surface area (Å²) in [6.45, 7) is 5.70. The lowest BCUT2D eigenvalue weighted by molar-refractivity contribution is -0.120. The first-order valence-corrected chi connectivity index (χ1v) is 34.1. The summed E-state index contributed by atoms with van der Waals surface area (Å²) in [5, 5.41) is 2.98. The van der Waals surface area contributed by atoms with E-state index < -0.39 is 70.5 Å². The lowest BCUT2D eigenvalue weighted by Crippen LogP contribution is -2.47. The first kappa shape index (κ1) is 62.3. The summed E-state index contributed by atoms with van der Waals surface area (Å²) in [7, 11) is -4.78. The molecule has 9 rings (SSSR count). The number of aryl methyl sites for hydroxylation is 1. The lowest BCUT2D eigenvalue weighted by atomic mass is 9.91. The van der Waals surface area contributed by atoms with Crippen LogP contribution in [0, 0.1) is 12.8 Å². The number of nitrogens with one attached hydrogen (secondary N) is 2. The van der Waals surface area contributed by atoms with Crippen molar-refractivity contribution in [2.24, 2.45) is 5.92 Å². The fourth-order valence-electron chi connectivity index (χ4n) is 11.7. The number of amides is 4. The maximum Gasteiger partial charge on any atom is 0.279 e. The monoisotopic (exact) mass is 1250 g/mol. The van der Waals surface area contributed by atoms with Gasteiger partial charge in [0.25, 0.3) is 42.2 Å². The van der Waals surface area contributed by atoms with Crippen molar-refractivity contribution in [2.45, 2.75) is 113 Å². The molecular weight excluding hydrogens is 1180 g/mol. The third-order valence-electron chi connectivity index (χ3n) is 15.8. The molecule has 0 spiro atoms. The second-order valence-electron chi connectivity index (χ2n) is 21.9. The van der Waals surface area contributed by atoms with Crippen molar-refractivity contribution in [1.29, 1.82) is 0 Å². The van der Waals surface area contributed by atoms with Crippen LogP contribution in [0.2, 0.25) is 0 Å². The summed E-state index contributed by atoms with van der Waals surface area (Å²) in [6.07, 6.45) is 2.16. The molecule has 4 aliphatic rings. The van der Waals surface area contributed by atoms with Gasteiger partial charge in [-0.3, -0.25) is 32.1 Å². The molecule has 25 heteroatoms. The molecule has 0 saturated carbocycles. The Labute approximate surface area is 498 Å². The van der Waals surface area contributed by atoms with E-state index >= 15 is 0 Å². The fraction of sp³-hybridized carbons (Fsp3) is 0.424. The predicted octanol–water partition coefficient (Wildman–Crippen LogP) is 8.02. The van der Waals surface area contributed by atoms with Gasteiger partial charge >= 0.3 is 0 Å². The van der Waals surface area contributed by atoms with E-state index in [0.717, 1.165) is 25.3 Å². The van der Waals surface area contributed by atoms with Gasteiger partial charge in [-0.05, 0) is 159 Å². The number of fused-ring (bicyclic) bond motifs is 8. The molecule has 5 atom stereocenters. The second-order valence-corrected chi connectivity index (χ2v) is 30.4. The number of carbonyl (C=O) groups excluding carboxylic acids is 4. The molecule has 0 aromatic heterocycles. The van der Waals surface area contributed by atoms with Crippen LogP contribution in [0.15, 0.2) is 91.0 Å². The molecular formula is C59H68N4O16S5. The van der Waals surface area contributed by atoms with Gasteiger partial charge in [0.05, 0.1) is 33.1 Å². The fourth-order valence-corrected chi connectivity index (χ4v) is 17.7. The third-order valence-corrected chi connectivity index (χ3v) is 23.3. The Kier molecular flexibility index (Phi) is 18.9. The van der Waals surface area contributed by atoms with Crippen LogP contribution in [0.3, 0.4) is 0 Å². The molecule has 3 N–H and O–H groups in total. The van der Waals surface area contributed by atoms with E-state index in [1.54, 1.807) is 53.1 Å². The Hall–Kier alpha value is -6.19. The first-order valence-electron chi connectivity index (χ1n) is 27.3. The Morgan fingerprint density at radius 2 is 1.31 bits per heavy atom. The Balaban J connectivity index is 0.960. The van der Waals surface area contributed by atoms with Crippen LogP contribution in [0.4, 0.5) is 17.1 Å². The van der Waals surface area contributed by atoms with Gasteiger partial charge in [-0.2, -0.15) is 25.3 Å². The molecule has 4 heterocycles. The number of hydrogen-bond acceptors (Lipinski definition) is 17. The summed E-state index contributed by atoms with van der Waals surface area (Å²) in [6, 6.07) is 25.5. The lowest BCUT2D eigenvalue weighted by Gasteiger charge is -2.28. The van der Waals surface area contributed by atoms with Gasteiger partial charge in [-0.25, -0.2) is 0 Å². The summed E-state index contributed by atoms with van der Waals surface area (Å²) >= 11 is 0. The van der Waals surface area contributed by atoms with E-state index in [0.29, 0.717) is 93.2 Å². The highest BCUT2D eigenvalue weighted by Crippen LogP contribution is 2.45. The molecule has 5 aromatic rings. The summed E-state index contributed by atoms with van der Waals surface area (Å²) < 4.78 is 115. The van der Waals surface area contributed by atoms with Crippen molar-refractivity contribution in [1.82, 2.24) is 5.32 Å². The molecule has 20 nitrogen and oxygen atoms in total. The second kappa shape index (κ2) is 25.4. The number of ether oxygens (including phenoxy) is 3. The number of anilines is 3. The van der Waals surface area contributed by atoms with Gasteiger partial charge in [-0.1, -0.05) is 58.0 Å². The molecule has 4 amide bonds. The standard InChI is InChI=1S/C59H68N4O16S5/c1-35-21-44-41(30-54(84(73,74)77-7)49-27-39-14-9-11-16-47(39)63(49)57(44)66)28-50(35)78-32-36-22-37(24-43(23-36)61-55(64)17-12-19-59(2,3)81-80-20-18-53(56(65)60-4)83(71,72)76-6)33-79-52-29-40-25-42(34-82(68,69)70)48-26-38-13-8-10-15-46(38)62(48)58(67)45(40)31-51(52)75-5/h8-11,13-16,21-24,28-29,31,42,48-49,53-54H,12,17-20,25-27,30,32-34H2,1-7H3,(H,60,65)(H,61,64)(H,68,69,70)/t42?,48-,49-,53?,54?/m0/s1. The van der Waals surface area contributed by atoms with Crippen molar-refractivity contribution in [3.8, 4) is 17.2 Å². The first-order chi connectivity index (χ1) is 39.8. The molecule has 5 aromatic carbocycles. The van der Waals surface area contributed by atoms with E-state index in [1.807, 2.05) is 68.4 Å². The maximum absolute atomic E-state index is 14.5. The number of rotatable bonds is 24. The van der Waals surface area contributed by atoms with E-state index in [1.165, 1.54) is 35.7 Å². The van der Waals surface area contributed by atoms with Crippen molar-refractivity contribution in [2.75, 3.05) is 55.0 Å².